The molecule has 23 heavy (non-hydrogen) atoms. The molecule has 0 unspecified atom stereocenters. The molecule has 0 aromatic carbocycles. The van der Waals surface area contributed by atoms with Crippen molar-refractivity contribution in [3.63, 3.8) is 0 Å². The van der Waals surface area contributed by atoms with E-state index in [1.165, 1.54) is 0 Å². The third-order valence-electron chi connectivity index (χ3n) is 2.98. The van der Waals surface area contributed by atoms with Crippen molar-refractivity contribution in [3.8, 4) is 0 Å². The molecule has 0 radical (unpaired) electrons. The molecule has 0 N–H and O–H groups in total. The van der Waals surface area contributed by atoms with Crippen molar-refractivity contribution in [3.05, 3.63) is 20.2 Å². The van der Waals surface area contributed by atoms with Crippen molar-refractivity contribution in [2.45, 2.75) is 24.0 Å². The standard InChI is InChI=1S/C8H10F3N3O8S/c9-8(10,11)23(20,21)22-3-1-2-6(15)12-4-7(5-12,13(16)17)14(18)19/h1-5H2. The van der Waals surface area contributed by atoms with E-state index in [0.29, 0.717) is 0 Å². The van der Waals surface area contributed by atoms with E-state index >= 15 is 0 Å². The molecule has 132 valence electrons. The van der Waals surface area contributed by atoms with Gasteiger partial charge in [0, 0.05) is 6.42 Å². The van der Waals surface area contributed by atoms with Gasteiger partial charge in [0.05, 0.1) is 6.61 Å². The normalized spacial score (nSPS) is 17.4. The van der Waals surface area contributed by atoms with Gasteiger partial charge in [0.1, 0.15) is 9.85 Å². The predicted molar refractivity (Wildman–Crippen MR) is 63.5 cm³/mol. The zero-order chi connectivity index (χ0) is 18.1. The number of alkyl halides is 3. The summed E-state index contributed by atoms with van der Waals surface area (Å²) in [7, 11) is -5.75. The van der Waals surface area contributed by atoms with Gasteiger partial charge in [-0.25, -0.2) is 0 Å². The minimum absolute atomic E-state index is 0.408. The Morgan fingerprint density at radius 2 is 1.70 bits per heavy atom. The maximum atomic E-state index is 11.9. The average Bonchev–Trinajstić information content (AvgIpc) is 2.30. The maximum Gasteiger partial charge on any atom is 0.523 e. The van der Waals surface area contributed by atoms with E-state index in [-0.39, 0.29) is 0 Å². The van der Waals surface area contributed by atoms with E-state index in [9.17, 15) is 46.6 Å². The Bertz CT molecular complexity index is 597. The number of carbonyl (C=O) groups is 1. The van der Waals surface area contributed by atoms with E-state index in [1.54, 1.807) is 0 Å². The highest BCUT2D eigenvalue weighted by Gasteiger charge is 2.67. The minimum Gasteiger partial charge on any atom is -0.314 e. The molecular weight excluding hydrogens is 355 g/mol. The second-order valence-electron chi connectivity index (χ2n) is 4.57. The van der Waals surface area contributed by atoms with Crippen molar-refractivity contribution < 1.29 is 40.4 Å². The predicted octanol–water partition coefficient (Wildman–Crippen LogP) is -0.275. The molecule has 1 aliphatic rings. The van der Waals surface area contributed by atoms with Crippen molar-refractivity contribution in [2.24, 2.45) is 0 Å². The summed E-state index contributed by atoms with van der Waals surface area (Å²) < 4.78 is 60.5. The average molecular weight is 365 g/mol. The first-order chi connectivity index (χ1) is 10.3. The maximum absolute atomic E-state index is 11.9. The quantitative estimate of drug-likeness (QED) is 0.149. The smallest absolute Gasteiger partial charge is 0.314 e. The topological polar surface area (TPSA) is 150 Å². The first kappa shape index (κ1) is 19.0. The fourth-order valence-electron chi connectivity index (χ4n) is 1.66. The lowest BCUT2D eigenvalue weighted by atomic mass is 10.0. The van der Waals surface area contributed by atoms with Gasteiger partial charge in [-0.05, 0) is 6.42 Å². The third kappa shape index (κ3) is 3.84. The summed E-state index contributed by atoms with van der Waals surface area (Å²) in [6, 6.07) is 0. The summed E-state index contributed by atoms with van der Waals surface area (Å²) in [5.74, 6) is -0.794. The zero-order valence-electron chi connectivity index (χ0n) is 11.2. The Kier molecular flexibility index (Phi) is 5.15. The fourth-order valence-corrected chi connectivity index (χ4v) is 2.13. The van der Waals surface area contributed by atoms with E-state index in [4.69, 9.17) is 0 Å². The van der Waals surface area contributed by atoms with Crippen LogP contribution in [0.2, 0.25) is 0 Å². The van der Waals surface area contributed by atoms with Crippen molar-refractivity contribution >= 4 is 16.0 Å². The van der Waals surface area contributed by atoms with Crippen LogP contribution >= 0.6 is 0 Å². The Balaban J connectivity index is 2.41. The van der Waals surface area contributed by atoms with Crippen LogP contribution in [-0.2, 0) is 19.1 Å². The highest BCUT2D eigenvalue weighted by atomic mass is 32.2. The van der Waals surface area contributed by atoms with Crippen LogP contribution in [-0.4, -0.2) is 59.9 Å². The number of nitro groups is 2. The molecule has 1 amide bonds. The summed E-state index contributed by atoms with van der Waals surface area (Å²) in [6.45, 7) is -2.46. The molecule has 1 heterocycles. The summed E-state index contributed by atoms with van der Waals surface area (Å²) in [6.07, 6.45) is -0.881. The fraction of sp³-hybridized carbons (Fsp3) is 0.875. The highest BCUT2D eigenvalue weighted by molar-refractivity contribution is 7.87. The van der Waals surface area contributed by atoms with E-state index in [0.717, 1.165) is 4.90 Å². The van der Waals surface area contributed by atoms with Crippen LogP contribution in [0.4, 0.5) is 13.2 Å². The van der Waals surface area contributed by atoms with Gasteiger partial charge in [-0.2, -0.15) is 21.6 Å². The summed E-state index contributed by atoms with van der Waals surface area (Å²) in [5.41, 5.74) is -8.06. The van der Waals surface area contributed by atoms with Crippen LogP contribution in [0.5, 0.6) is 0 Å². The van der Waals surface area contributed by atoms with Gasteiger partial charge in [-0.3, -0.25) is 29.2 Å². The van der Waals surface area contributed by atoms with Gasteiger partial charge < -0.3 is 4.90 Å². The lowest BCUT2D eigenvalue weighted by Crippen LogP contribution is -2.71. The van der Waals surface area contributed by atoms with E-state index < -0.39 is 69.6 Å². The Morgan fingerprint density at radius 1 is 1.22 bits per heavy atom. The minimum atomic E-state index is -5.75. The first-order valence-electron chi connectivity index (χ1n) is 5.86. The molecule has 1 rings (SSSR count). The molecule has 0 bridgehead atoms. The molecule has 1 fully saturated rings. The number of carbonyl (C=O) groups excluding carboxylic acids is 1. The van der Waals surface area contributed by atoms with Gasteiger partial charge in [0.2, 0.25) is 5.91 Å². The molecule has 0 atom stereocenters. The molecule has 0 spiro atoms. The lowest BCUT2D eigenvalue weighted by molar-refractivity contribution is -0.809. The van der Waals surface area contributed by atoms with E-state index in [1.807, 2.05) is 0 Å². The number of halogens is 3. The first-order valence-corrected chi connectivity index (χ1v) is 7.27. The van der Waals surface area contributed by atoms with Gasteiger partial charge in [-0.15, -0.1) is 0 Å². The highest BCUT2D eigenvalue weighted by Crippen LogP contribution is 2.27. The number of amides is 1. The second-order valence-corrected chi connectivity index (χ2v) is 6.18. The molecule has 0 aromatic heterocycles. The molecule has 0 saturated carbocycles. The number of hydrogen-bond acceptors (Lipinski definition) is 8. The van der Waals surface area contributed by atoms with Gasteiger partial charge in [-0.1, -0.05) is 0 Å². The summed E-state index contributed by atoms with van der Waals surface area (Å²) in [4.78, 5) is 31.3. The van der Waals surface area contributed by atoms with Gasteiger partial charge >= 0.3 is 21.3 Å². The number of nitrogens with zero attached hydrogens (tertiary/aromatic N) is 3. The van der Waals surface area contributed by atoms with Crippen molar-refractivity contribution in [2.75, 3.05) is 19.7 Å². The Morgan fingerprint density at radius 3 is 2.09 bits per heavy atom. The van der Waals surface area contributed by atoms with Crippen molar-refractivity contribution in [1.29, 1.82) is 0 Å². The monoisotopic (exact) mass is 365 g/mol. The van der Waals surface area contributed by atoms with Crippen LogP contribution in [0.25, 0.3) is 0 Å². The van der Waals surface area contributed by atoms with Crippen molar-refractivity contribution in [1.82, 2.24) is 4.90 Å². The summed E-state index contributed by atoms with van der Waals surface area (Å²) >= 11 is 0. The van der Waals surface area contributed by atoms with Crippen LogP contribution in [0.1, 0.15) is 12.8 Å². The SMILES string of the molecule is O=C(CCCOS(=O)(=O)C(F)(F)F)N1CC([N+](=O)[O-])([N+](=O)[O-])C1. The summed E-state index contributed by atoms with van der Waals surface area (Å²) in [5, 5.41) is 21.2. The Labute approximate surface area is 126 Å². The third-order valence-corrected chi connectivity index (χ3v) is 4.02. The second kappa shape index (κ2) is 6.23. The number of likely N-dealkylation sites (tertiary alicyclic amines) is 1. The number of rotatable bonds is 7. The lowest BCUT2D eigenvalue weighted by Gasteiger charge is -2.36. The molecule has 0 aromatic rings. The zero-order valence-corrected chi connectivity index (χ0v) is 12.0. The van der Waals surface area contributed by atoms with Crippen LogP contribution < -0.4 is 0 Å². The largest absolute Gasteiger partial charge is 0.523 e. The van der Waals surface area contributed by atoms with E-state index in [2.05, 4.69) is 4.18 Å². The van der Waals surface area contributed by atoms with Gasteiger partial charge in [0.15, 0.2) is 13.1 Å². The molecule has 0 aliphatic carbocycles. The molecule has 1 saturated heterocycles. The molecule has 1 aliphatic heterocycles. The Hall–Kier alpha value is -2.03. The number of hydrogen-bond donors (Lipinski definition) is 0. The molecular formula is C8H10F3N3O8S. The molecule has 15 heteroatoms. The van der Waals surface area contributed by atoms with Crippen LogP contribution in [0.3, 0.4) is 0 Å². The van der Waals surface area contributed by atoms with Gasteiger partial charge in [0.25, 0.3) is 0 Å². The van der Waals surface area contributed by atoms with Crippen LogP contribution in [0.15, 0.2) is 0 Å². The molecule has 11 nitrogen and oxygen atoms in total. The van der Waals surface area contributed by atoms with Crippen LogP contribution in [0, 0.1) is 20.2 Å².